The molecule has 0 radical (unpaired) electrons. The molecule has 0 saturated carbocycles. The first kappa shape index (κ1) is 12.3. The Bertz CT molecular complexity index is 366. The molecule has 4 heteroatoms. The zero-order valence-electron chi connectivity index (χ0n) is 10.1. The van der Waals surface area contributed by atoms with Crippen LogP contribution in [0.5, 0.6) is 0 Å². The molecule has 1 fully saturated rings. The molecule has 2 rings (SSSR count). The van der Waals surface area contributed by atoms with Crippen LogP contribution in [0.15, 0.2) is 24.3 Å². The summed E-state index contributed by atoms with van der Waals surface area (Å²) in [5, 5.41) is 0. The SMILES string of the molecule is CN(c1cccc(F)c1)C(CN)C1CCOC1. The predicted octanol–water partition coefficient (Wildman–Crippen LogP) is 1.63. The van der Waals surface area contributed by atoms with Gasteiger partial charge in [-0.15, -0.1) is 0 Å². The molecule has 1 aromatic carbocycles. The molecule has 1 aliphatic heterocycles. The molecule has 1 aliphatic rings. The van der Waals surface area contributed by atoms with E-state index in [2.05, 4.69) is 4.90 Å². The van der Waals surface area contributed by atoms with Gasteiger partial charge in [-0.1, -0.05) is 6.07 Å². The maximum Gasteiger partial charge on any atom is 0.125 e. The van der Waals surface area contributed by atoms with Gasteiger partial charge in [-0.3, -0.25) is 0 Å². The Morgan fingerprint density at radius 3 is 3.00 bits per heavy atom. The number of nitrogens with zero attached hydrogens (tertiary/aromatic N) is 1. The first-order chi connectivity index (χ1) is 8.22. The average Bonchev–Trinajstić information content (AvgIpc) is 2.83. The number of hydrogen-bond acceptors (Lipinski definition) is 3. The molecule has 17 heavy (non-hydrogen) atoms. The third-order valence-electron chi connectivity index (χ3n) is 3.46. The smallest absolute Gasteiger partial charge is 0.125 e. The van der Waals surface area contributed by atoms with Crippen LogP contribution in [0.25, 0.3) is 0 Å². The summed E-state index contributed by atoms with van der Waals surface area (Å²) in [5.74, 6) is 0.223. The van der Waals surface area contributed by atoms with Gasteiger partial charge in [0.1, 0.15) is 5.82 Å². The minimum atomic E-state index is -0.215. The van der Waals surface area contributed by atoms with E-state index in [1.54, 1.807) is 12.1 Å². The summed E-state index contributed by atoms with van der Waals surface area (Å²) in [5.41, 5.74) is 6.71. The van der Waals surface area contributed by atoms with E-state index in [0.29, 0.717) is 12.5 Å². The lowest BCUT2D eigenvalue weighted by molar-refractivity contribution is 0.180. The Morgan fingerprint density at radius 2 is 2.41 bits per heavy atom. The topological polar surface area (TPSA) is 38.5 Å². The molecule has 1 saturated heterocycles. The zero-order valence-corrected chi connectivity index (χ0v) is 10.1. The van der Waals surface area contributed by atoms with E-state index in [-0.39, 0.29) is 11.9 Å². The van der Waals surface area contributed by atoms with Crippen molar-refractivity contribution >= 4 is 5.69 Å². The monoisotopic (exact) mass is 238 g/mol. The molecular formula is C13H19FN2O. The molecule has 0 amide bonds. The highest BCUT2D eigenvalue weighted by molar-refractivity contribution is 5.47. The van der Waals surface area contributed by atoms with Gasteiger partial charge in [-0.25, -0.2) is 4.39 Å². The Morgan fingerprint density at radius 1 is 1.59 bits per heavy atom. The van der Waals surface area contributed by atoms with E-state index in [0.717, 1.165) is 25.3 Å². The molecule has 2 N–H and O–H groups in total. The van der Waals surface area contributed by atoms with Gasteiger partial charge in [0, 0.05) is 37.8 Å². The maximum absolute atomic E-state index is 13.2. The maximum atomic E-state index is 13.2. The molecule has 3 nitrogen and oxygen atoms in total. The lowest BCUT2D eigenvalue weighted by Crippen LogP contribution is -2.44. The number of benzene rings is 1. The Labute approximate surface area is 101 Å². The summed E-state index contributed by atoms with van der Waals surface area (Å²) >= 11 is 0. The van der Waals surface area contributed by atoms with E-state index in [9.17, 15) is 4.39 Å². The fourth-order valence-corrected chi connectivity index (χ4v) is 2.41. The van der Waals surface area contributed by atoms with Gasteiger partial charge < -0.3 is 15.4 Å². The first-order valence-electron chi connectivity index (χ1n) is 5.98. The van der Waals surface area contributed by atoms with Crippen molar-refractivity contribution in [2.45, 2.75) is 12.5 Å². The van der Waals surface area contributed by atoms with Gasteiger partial charge in [0.25, 0.3) is 0 Å². The van der Waals surface area contributed by atoms with Crippen LogP contribution < -0.4 is 10.6 Å². The van der Waals surface area contributed by atoms with Gasteiger partial charge in [-0.2, -0.15) is 0 Å². The van der Waals surface area contributed by atoms with Crippen LogP contribution in [0.2, 0.25) is 0 Å². The molecule has 0 aromatic heterocycles. The average molecular weight is 238 g/mol. The Balaban J connectivity index is 2.13. The van der Waals surface area contributed by atoms with Crippen LogP contribution in [0.3, 0.4) is 0 Å². The van der Waals surface area contributed by atoms with Crippen molar-refractivity contribution in [1.29, 1.82) is 0 Å². The highest BCUT2D eigenvalue weighted by Gasteiger charge is 2.28. The number of likely N-dealkylation sites (N-methyl/N-ethyl adjacent to an activating group) is 1. The number of anilines is 1. The lowest BCUT2D eigenvalue weighted by Gasteiger charge is -2.33. The van der Waals surface area contributed by atoms with Crippen LogP contribution in [0.1, 0.15) is 6.42 Å². The van der Waals surface area contributed by atoms with Gasteiger partial charge in [0.2, 0.25) is 0 Å². The third-order valence-corrected chi connectivity index (χ3v) is 3.46. The summed E-state index contributed by atoms with van der Waals surface area (Å²) in [6, 6.07) is 6.83. The summed E-state index contributed by atoms with van der Waals surface area (Å²) in [7, 11) is 1.96. The van der Waals surface area contributed by atoms with Crippen LogP contribution in [-0.2, 0) is 4.74 Å². The number of rotatable bonds is 4. The summed E-state index contributed by atoms with van der Waals surface area (Å²) in [4.78, 5) is 2.06. The van der Waals surface area contributed by atoms with E-state index in [1.165, 1.54) is 6.07 Å². The molecule has 0 bridgehead atoms. The van der Waals surface area contributed by atoms with Gasteiger partial charge in [0.15, 0.2) is 0 Å². The standard InChI is InChI=1S/C13H19FN2O/c1-16(12-4-2-3-11(14)7-12)13(8-15)10-5-6-17-9-10/h2-4,7,10,13H,5-6,8-9,15H2,1H3. The van der Waals surface area contributed by atoms with E-state index in [1.807, 2.05) is 13.1 Å². The highest BCUT2D eigenvalue weighted by Crippen LogP contribution is 2.24. The number of nitrogens with two attached hydrogens (primary N) is 1. The van der Waals surface area contributed by atoms with Gasteiger partial charge in [0.05, 0.1) is 6.61 Å². The minimum absolute atomic E-state index is 0.208. The van der Waals surface area contributed by atoms with Crippen molar-refractivity contribution in [3.8, 4) is 0 Å². The van der Waals surface area contributed by atoms with Crippen molar-refractivity contribution < 1.29 is 9.13 Å². The highest BCUT2D eigenvalue weighted by atomic mass is 19.1. The zero-order chi connectivity index (χ0) is 12.3. The fraction of sp³-hybridized carbons (Fsp3) is 0.538. The molecular weight excluding hydrogens is 219 g/mol. The van der Waals surface area contributed by atoms with Crippen LogP contribution >= 0.6 is 0 Å². The second-order valence-electron chi connectivity index (χ2n) is 4.52. The van der Waals surface area contributed by atoms with Gasteiger partial charge >= 0.3 is 0 Å². The molecule has 2 unspecified atom stereocenters. The second-order valence-corrected chi connectivity index (χ2v) is 4.52. The molecule has 0 aliphatic carbocycles. The van der Waals surface area contributed by atoms with E-state index < -0.39 is 0 Å². The Hall–Kier alpha value is -1.13. The van der Waals surface area contributed by atoms with E-state index >= 15 is 0 Å². The third kappa shape index (κ3) is 2.76. The quantitative estimate of drug-likeness (QED) is 0.866. The summed E-state index contributed by atoms with van der Waals surface area (Å²) in [6.45, 7) is 2.11. The van der Waals surface area contributed by atoms with Gasteiger partial charge in [-0.05, 0) is 24.6 Å². The molecule has 0 spiro atoms. The predicted molar refractivity (Wildman–Crippen MR) is 66.6 cm³/mol. The normalized spacial score (nSPS) is 21.5. The molecule has 1 heterocycles. The van der Waals surface area contributed by atoms with Crippen molar-refractivity contribution in [3.05, 3.63) is 30.1 Å². The minimum Gasteiger partial charge on any atom is -0.381 e. The first-order valence-corrected chi connectivity index (χ1v) is 5.98. The lowest BCUT2D eigenvalue weighted by atomic mass is 9.97. The summed E-state index contributed by atoms with van der Waals surface area (Å²) in [6.07, 6.45) is 1.03. The van der Waals surface area contributed by atoms with Crippen LogP contribution in [0.4, 0.5) is 10.1 Å². The molecule has 94 valence electrons. The summed E-state index contributed by atoms with van der Waals surface area (Å²) < 4.78 is 18.6. The van der Waals surface area contributed by atoms with Crippen LogP contribution in [-0.4, -0.2) is 32.8 Å². The van der Waals surface area contributed by atoms with Crippen LogP contribution in [0, 0.1) is 11.7 Å². The van der Waals surface area contributed by atoms with Crippen molar-refractivity contribution in [3.63, 3.8) is 0 Å². The fourth-order valence-electron chi connectivity index (χ4n) is 2.41. The van der Waals surface area contributed by atoms with E-state index in [4.69, 9.17) is 10.5 Å². The molecule has 1 aromatic rings. The largest absolute Gasteiger partial charge is 0.381 e. The van der Waals surface area contributed by atoms with Crippen molar-refractivity contribution in [2.75, 3.05) is 31.7 Å². The number of halogens is 1. The van der Waals surface area contributed by atoms with Crippen molar-refractivity contribution in [2.24, 2.45) is 11.7 Å². The molecule has 2 atom stereocenters. The number of ether oxygens (including phenoxy) is 1. The van der Waals surface area contributed by atoms with Crippen molar-refractivity contribution in [1.82, 2.24) is 0 Å². The Kier molecular flexibility index (Phi) is 3.97. The number of hydrogen-bond donors (Lipinski definition) is 1. The second kappa shape index (κ2) is 5.47.